The van der Waals surface area contributed by atoms with E-state index in [-0.39, 0.29) is 17.7 Å². The van der Waals surface area contributed by atoms with E-state index in [2.05, 4.69) is 4.98 Å². The molecular formula is C19H14Cl2FNO3. The fraction of sp³-hybridized carbons (Fsp3) is 0.158. The van der Waals surface area contributed by atoms with E-state index in [9.17, 15) is 9.18 Å². The van der Waals surface area contributed by atoms with Crippen LogP contribution >= 0.6 is 23.2 Å². The fourth-order valence-corrected chi connectivity index (χ4v) is 2.83. The maximum absolute atomic E-state index is 14.3. The highest BCUT2D eigenvalue weighted by molar-refractivity contribution is 6.42. The molecule has 0 bridgehead atoms. The number of carbonyl (C=O) groups is 1. The van der Waals surface area contributed by atoms with Crippen LogP contribution in [0.2, 0.25) is 10.0 Å². The average Bonchev–Trinajstić information content (AvgIpc) is 3.01. The molecule has 0 atom stereocenters. The third-order valence-corrected chi connectivity index (χ3v) is 4.50. The number of halogens is 3. The highest BCUT2D eigenvalue weighted by Gasteiger charge is 2.20. The van der Waals surface area contributed by atoms with Gasteiger partial charge in [0, 0.05) is 18.4 Å². The molecule has 4 nitrogen and oxygen atoms in total. The van der Waals surface area contributed by atoms with Crippen molar-refractivity contribution >= 4 is 29.2 Å². The van der Waals surface area contributed by atoms with Crippen molar-refractivity contribution in [2.75, 3.05) is 0 Å². The van der Waals surface area contributed by atoms with E-state index >= 15 is 0 Å². The molecule has 0 unspecified atom stereocenters. The number of aliphatic carboxylic acids is 1. The molecule has 0 aliphatic carbocycles. The van der Waals surface area contributed by atoms with Crippen molar-refractivity contribution in [1.29, 1.82) is 0 Å². The van der Waals surface area contributed by atoms with Crippen LogP contribution in [0.4, 0.5) is 4.39 Å². The predicted octanol–water partition coefficient (Wildman–Crippen LogP) is 5.86. The van der Waals surface area contributed by atoms with Gasteiger partial charge in [-0.15, -0.1) is 0 Å². The summed E-state index contributed by atoms with van der Waals surface area (Å²) in [6, 6.07) is 11.2. The molecule has 0 amide bonds. The van der Waals surface area contributed by atoms with Crippen LogP contribution in [-0.4, -0.2) is 16.1 Å². The molecule has 26 heavy (non-hydrogen) atoms. The largest absolute Gasteiger partial charge is 0.481 e. The van der Waals surface area contributed by atoms with Crippen LogP contribution in [0.15, 0.2) is 46.9 Å². The smallest absolute Gasteiger partial charge is 0.303 e. The average molecular weight is 394 g/mol. The van der Waals surface area contributed by atoms with Crippen molar-refractivity contribution in [2.45, 2.75) is 19.3 Å². The van der Waals surface area contributed by atoms with Crippen LogP contribution < -0.4 is 0 Å². The van der Waals surface area contributed by atoms with Gasteiger partial charge in [-0.2, -0.15) is 0 Å². The molecule has 1 aromatic heterocycles. The van der Waals surface area contributed by atoms with Crippen LogP contribution in [0, 0.1) is 5.82 Å². The Kier molecular flexibility index (Phi) is 5.59. The molecule has 0 fully saturated rings. The van der Waals surface area contributed by atoms with Gasteiger partial charge in [-0.1, -0.05) is 41.4 Å². The number of carboxylic acids is 1. The van der Waals surface area contributed by atoms with Gasteiger partial charge in [0.15, 0.2) is 11.7 Å². The first kappa shape index (κ1) is 18.4. The second kappa shape index (κ2) is 7.89. The Bertz CT molecular complexity index is 956. The molecule has 0 spiro atoms. The van der Waals surface area contributed by atoms with Crippen molar-refractivity contribution in [2.24, 2.45) is 0 Å². The molecule has 3 aromatic rings. The Labute approximate surface area is 159 Å². The first-order chi connectivity index (χ1) is 12.5. The molecule has 7 heteroatoms. The summed E-state index contributed by atoms with van der Waals surface area (Å²) >= 11 is 12.1. The third kappa shape index (κ3) is 4.06. The Hall–Kier alpha value is -2.37. The van der Waals surface area contributed by atoms with Crippen molar-refractivity contribution in [3.8, 4) is 22.6 Å². The molecule has 0 aliphatic heterocycles. The molecule has 134 valence electrons. The van der Waals surface area contributed by atoms with E-state index in [0.29, 0.717) is 40.0 Å². The number of hydrogen-bond donors (Lipinski definition) is 1. The van der Waals surface area contributed by atoms with Gasteiger partial charge in [-0.25, -0.2) is 9.37 Å². The fourth-order valence-electron chi connectivity index (χ4n) is 2.53. The number of hydrogen-bond acceptors (Lipinski definition) is 3. The second-order valence-electron chi connectivity index (χ2n) is 5.64. The summed E-state index contributed by atoms with van der Waals surface area (Å²) in [5, 5.41) is 9.52. The molecule has 0 saturated heterocycles. The summed E-state index contributed by atoms with van der Waals surface area (Å²) < 4.78 is 20.0. The lowest BCUT2D eigenvalue weighted by atomic mass is 10.1. The number of oxazole rings is 1. The monoisotopic (exact) mass is 393 g/mol. The second-order valence-corrected chi connectivity index (χ2v) is 6.46. The minimum atomic E-state index is -0.893. The first-order valence-electron chi connectivity index (χ1n) is 7.87. The Balaban J connectivity index is 2.05. The van der Waals surface area contributed by atoms with E-state index in [1.807, 2.05) is 0 Å². The highest BCUT2D eigenvalue weighted by Crippen LogP contribution is 2.36. The minimum absolute atomic E-state index is 0.000478. The molecular weight excluding hydrogens is 380 g/mol. The van der Waals surface area contributed by atoms with Gasteiger partial charge in [-0.3, -0.25) is 4.79 Å². The lowest BCUT2D eigenvalue weighted by molar-refractivity contribution is -0.137. The van der Waals surface area contributed by atoms with Crippen LogP contribution in [0.3, 0.4) is 0 Å². The number of aryl methyl sites for hydroxylation is 1. The zero-order chi connectivity index (χ0) is 18.7. The number of aromatic nitrogens is 1. The number of carboxylic acid groups (broad SMARTS) is 1. The summed E-state index contributed by atoms with van der Waals surface area (Å²) in [5.41, 5.74) is 1.33. The van der Waals surface area contributed by atoms with Crippen LogP contribution in [0.25, 0.3) is 22.6 Å². The minimum Gasteiger partial charge on any atom is -0.481 e. The molecule has 0 aliphatic rings. The lowest BCUT2D eigenvalue weighted by Crippen LogP contribution is -1.95. The van der Waals surface area contributed by atoms with Gasteiger partial charge >= 0.3 is 5.97 Å². The zero-order valence-electron chi connectivity index (χ0n) is 13.5. The van der Waals surface area contributed by atoms with E-state index in [1.54, 1.807) is 36.4 Å². The molecule has 1 heterocycles. The quantitative estimate of drug-likeness (QED) is 0.569. The Morgan fingerprint density at radius 1 is 1.15 bits per heavy atom. The highest BCUT2D eigenvalue weighted by atomic mass is 35.5. The lowest BCUT2D eigenvalue weighted by Gasteiger charge is -2.04. The summed E-state index contributed by atoms with van der Waals surface area (Å²) in [6.07, 6.45) is 0.696. The van der Waals surface area contributed by atoms with Crippen molar-refractivity contribution in [3.05, 3.63) is 64.2 Å². The number of benzene rings is 2. The van der Waals surface area contributed by atoms with Gasteiger partial charge < -0.3 is 9.52 Å². The molecule has 1 N–H and O–H groups in total. The van der Waals surface area contributed by atoms with Crippen LogP contribution in [0.5, 0.6) is 0 Å². The number of rotatable bonds is 6. The van der Waals surface area contributed by atoms with Gasteiger partial charge in [0.05, 0.1) is 15.6 Å². The Morgan fingerprint density at radius 3 is 2.62 bits per heavy atom. The third-order valence-electron chi connectivity index (χ3n) is 3.76. The van der Waals surface area contributed by atoms with Gasteiger partial charge in [-0.05, 0) is 30.7 Å². The molecule has 2 aromatic carbocycles. The molecule has 0 radical (unpaired) electrons. The van der Waals surface area contributed by atoms with Gasteiger partial charge in [0.1, 0.15) is 11.5 Å². The molecule has 0 saturated carbocycles. The SMILES string of the molecule is O=C(O)CCCc1nc(-c2ccc(Cl)c(Cl)c2)c(-c2ccccc2F)o1. The molecule has 3 rings (SSSR count). The van der Waals surface area contributed by atoms with E-state index < -0.39 is 11.8 Å². The van der Waals surface area contributed by atoms with E-state index in [4.69, 9.17) is 32.7 Å². The first-order valence-corrected chi connectivity index (χ1v) is 8.63. The summed E-state index contributed by atoms with van der Waals surface area (Å²) in [4.78, 5) is 15.1. The standard InChI is InChI=1S/C19H14Cl2FNO3/c20-13-9-8-11(10-14(13)21)18-19(12-4-1-2-5-15(12)22)26-16(23-18)6-3-7-17(24)25/h1-2,4-5,8-10H,3,6-7H2,(H,24,25). The zero-order valence-corrected chi connectivity index (χ0v) is 15.0. The van der Waals surface area contributed by atoms with Crippen molar-refractivity contribution in [1.82, 2.24) is 4.98 Å². The Morgan fingerprint density at radius 2 is 1.92 bits per heavy atom. The van der Waals surface area contributed by atoms with E-state index in [1.165, 1.54) is 6.07 Å². The predicted molar refractivity (Wildman–Crippen MR) is 97.9 cm³/mol. The summed E-state index contributed by atoms with van der Waals surface area (Å²) in [7, 11) is 0. The normalized spacial score (nSPS) is 10.9. The van der Waals surface area contributed by atoms with Crippen molar-refractivity contribution in [3.63, 3.8) is 0 Å². The maximum atomic E-state index is 14.3. The van der Waals surface area contributed by atoms with E-state index in [0.717, 1.165) is 0 Å². The topological polar surface area (TPSA) is 63.3 Å². The van der Waals surface area contributed by atoms with Crippen LogP contribution in [-0.2, 0) is 11.2 Å². The maximum Gasteiger partial charge on any atom is 0.303 e. The van der Waals surface area contributed by atoms with Gasteiger partial charge in [0.2, 0.25) is 0 Å². The van der Waals surface area contributed by atoms with Crippen LogP contribution in [0.1, 0.15) is 18.7 Å². The summed E-state index contributed by atoms with van der Waals surface area (Å²) in [5.74, 6) is -0.727. The van der Waals surface area contributed by atoms with Crippen molar-refractivity contribution < 1.29 is 18.7 Å². The number of nitrogens with zero attached hydrogens (tertiary/aromatic N) is 1. The van der Waals surface area contributed by atoms with Gasteiger partial charge in [0.25, 0.3) is 0 Å². The summed E-state index contributed by atoms with van der Waals surface area (Å²) in [6.45, 7) is 0.